The first-order chi connectivity index (χ1) is 4.99. The summed E-state index contributed by atoms with van der Waals surface area (Å²) in [4.78, 5) is 0. The molecule has 66 valence electrons. The highest BCUT2D eigenvalue weighted by molar-refractivity contribution is 4.81. The molecule has 0 aromatic rings. The van der Waals surface area contributed by atoms with Crippen LogP contribution in [0, 0.1) is 11.3 Å². The summed E-state index contributed by atoms with van der Waals surface area (Å²) in [6, 6.07) is 0. The van der Waals surface area contributed by atoms with Crippen LogP contribution in [-0.4, -0.2) is 11.2 Å². The number of hydrogen-bond donors (Lipinski definition) is 1. The van der Waals surface area contributed by atoms with Crippen molar-refractivity contribution in [1.82, 2.24) is 0 Å². The van der Waals surface area contributed by atoms with Gasteiger partial charge in [0.2, 0.25) is 0 Å². The molecule has 0 amide bonds. The molecule has 1 rings (SSSR count). The third-order valence-electron chi connectivity index (χ3n) is 2.64. The Labute approximate surface area is 69.8 Å². The van der Waals surface area contributed by atoms with Gasteiger partial charge >= 0.3 is 0 Å². The molecule has 0 bridgehead atoms. The predicted molar refractivity (Wildman–Crippen MR) is 47.4 cm³/mol. The molecule has 0 aliphatic heterocycles. The molecule has 0 heterocycles. The third kappa shape index (κ3) is 2.82. The maximum absolute atomic E-state index is 9.30. The summed E-state index contributed by atoms with van der Waals surface area (Å²) >= 11 is 0. The highest BCUT2D eigenvalue weighted by Crippen LogP contribution is 2.34. The molecule has 1 saturated carbocycles. The molecule has 1 N–H and O–H groups in total. The zero-order valence-corrected chi connectivity index (χ0v) is 7.93. The molecular formula is C10H20O. The first kappa shape index (κ1) is 9.05. The van der Waals surface area contributed by atoms with Gasteiger partial charge in [0.1, 0.15) is 0 Å². The van der Waals surface area contributed by atoms with Crippen molar-refractivity contribution in [2.45, 2.75) is 52.6 Å². The van der Waals surface area contributed by atoms with Crippen molar-refractivity contribution in [2.24, 2.45) is 11.3 Å². The number of rotatable bonds is 2. The lowest BCUT2D eigenvalue weighted by atomic mass is 9.75. The van der Waals surface area contributed by atoms with Gasteiger partial charge in [0.05, 0.1) is 6.10 Å². The minimum Gasteiger partial charge on any atom is -0.393 e. The molecule has 1 aliphatic carbocycles. The van der Waals surface area contributed by atoms with Crippen LogP contribution in [0.25, 0.3) is 0 Å². The fraction of sp³-hybridized carbons (Fsp3) is 1.00. The first-order valence-electron chi connectivity index (χ1n) is 4.67. The maximum Gasteiger partial charge on any atom is 0.0568 e. The van der Waals surface area contributed by atoms with Gasteiger partial charge in [-0.3, -0.25) is 0 Å². The lowest BCUT2D eigenvalue weighted by Crippen LogP contribution is -2.31. The largest absolute Gasteiger partial charge is 0.393 e. The molecule has 0 radical (unpaired) electrons. The first-order valence-corrected chi connectivity index (χ1v) is 4.67. The predicted octanol–water partition coefficient (Wildman–Crippen LogP) is 2.58. The van der Waals surface area contributed by atoms with Crippen molar-refractivity contribution in [2.75, 3.05) is 0 Å². The minimum absolute atomic E-state index is 0.0253. The Morgan fingerprint density at radius 3 is 2.18 bits per heavy atom. The van der Waals surface area contributed by atoms with Crippen LogP contribution in [0.4, 0.5) is 0 Å². The molecule has 1 fully saturated rings. The molecule has 2 atom stereocenters. The molecule has 1 aliphatic rings. The van der Waals surface area contributed by atoms with Crippen molar-refractivity contribution in [3.63, 3.8) is 0 Å². The highest BCUT2D eigenvalue weighted by atomic mass is 16.3. The van der Waals surface area contributed by atoms with Crippen LogP contribution >= 0.6 is 0 Å². The van der Waals surface area contributed by atoms with Crippen molar-refractivity contribution in [3.8, 4) is 0 Å². The summed E-state index contributed by atoms with van der Waals surface area (Å²) in [5.74, 6) is 0.620. The minimum atomic E-state index is 0.0253. The van der Waals surface area contributed by atoms with Crippen molar-refractivity contribution in [1.29, 1.82) is 0 Å². The molecule has 2 unspecified atom stereocenters. The van der Waals surface area contributed by atoms with Crippen molar-refractivity contribution < 1.29 is 5.11 Å². The standard InChI is InChI=1S/C10H20O/c1-10(2,3)7-6-8-4-5-9(8)11/h8-9,11H,4-7H2,1-3H3. The van der Waals surface area contributed by atoms with Crippen molar-refractivity contribution in [3.05, 3.63) is 0 Å². The fourth-order valence-electron chi connectivity index (χ4n) is 1.51. The molecule has 0 spiro atoms. The Balaban J connectivity index is 2.12. The number of hydrogen-bond acceptors (Lipinski definition) is 1. The zero-order chi connectivity index (χ0) is 8.48. The van der Waals surface area contributed by atoms with Crippen LogP contribution in [0.3, 0.4) is 0 Å². The maximum atomic E-state index is 9.30. The van der Waals surface area contributed by atoms with Crippen molar-refractivity contribution >= 4 is 0 Å². The van der Waals surface area contributed by atoms with E-state index in [0.717, 1.165) is 6.42 Å². The highest BCUT2D eigenvalue weighted by Gasteiger charge is 2.29. The van der Waals surface area contributed by atoms with E-state index in [9.17, 15) is 5.11 Å². The van der Waals surface area contributed by atoms with E-state index in [1.807, 2.05) is 0 Å². The average molecular weight is 156 g/mol. The van der Waals surface area contributed by atoms with Gasteiger partial charge in [-0.25, -0.2) is 0 Å². The topological polar surface area (TPSA) is 20.2 Å². The quantitative estimate of drug-likeness (QED) is 0.651. The SMILES string of the molecule is CC(C)(C)CCC1CCC1O. The Morgan fingerprint density at radius 1 is 1.27 bits per heavy atom. The Hall–Kier alpha value is -0.0400. The second-order valence-electron chi connectivity index (χ2n) is 5.00. The van der Waals surface area contributed by atoms with E-state index in [1.165, 1.54) is 19.3 Å². The van der Waals surface area contributed by atoms with Gasteiger partial charge in [0.25, 0.3) is 0 Å². The van der Waals surface area contributed by atoms with E-state index in [1.54, 1.807) is 0 Å². The zero-order valence-electron chi connectivity index (χ0n) is 7.93. The van der Waals surface area contributed by atoms with E-state index in [0.29, 0.717) is 11.3 Å². The summed E-state index contributed by atoms with van der Waals surface area (Å²) in [6.45, 7) is 6.79. The molecular weight excluding hydrogens is 136 g/mol. The lowest BCUT2D eigenvalue weighted by molar-refractivity contribution is 0.0140. The van der Waals surface area contributed by atoms with Gasteiger partial charge in [-0.05, 0) is 37.0 Å². The fourth-order valence-corrected chi connectivity index (χ4v) is 1.51. The third-order valence-corrected chi connectivity index (χ3v) is 2.64. The summed E-state index contributed by atoms with van der Waals surface area (Å²) in [5, 5.41) is 9.30. The summed E-state index contributed by atoms with van der Waals surface area (Å²) in [7, 11) is 0. The molecule has 0 aromatic carbocycles. The summed E-state index contributed by atoms with van der Waals surface area (Å²) in [5.41, 5.74) is 0.440. The second kappa shape index (κ2) is 3.14. The van der Waals surface area contributed by atoms with Gasteiger partial charge in [-0.1, -0.05) is 20.8 Å². The Kier molecular flexibility index (Phi) is 2.58. The monoisotopic (exact) mass is 156 g/mol. The van der Waals surface area contributed by atoms with Gasteiger partial charge in [-0.2, -0.15) is 0 Å². The van der Waals surface area contributed by atoms with Gasteiger partial charge in [-0.15, -0.1) is 0 Å². The molecule has 0 saturated heterocycles. The van der Waals surface area contributed by atoms with Crippen LogP contribution < -0.4 is 0 Å². The molecule has 11 heavy (non-hydrogen) atoms. The molecule has 0 aromatic heterocycles. The van der Waals surface area contributed by atoms with Crippen LogP contribution in [0.1, 0.15) is 46.5 Å². The molecule has 1 nitrogen and oxygen atoms in total. The van der Waals surface area contributed by atoms with E-state index in [2.05, 4.69) is 20.8 Å². The van der Waals surface area contributed by atoms with E-state index in [4.69, 9.17) is 0 Å². The Bertz CT molecular complexity index is 123. The van der Waals surface area contributed by atoms with E-state index >= 15 is 0 Å². The Morgan fingerprint density at radius 2 is 1.91 bits per heavy atom. The number of aliphatic hydroxyl groups is 1. The molecule has 1 heteroatoms. The van der Waals surface area contributed by atoms with E-state index in [-0.39, 0.29) is 6.10 Å². The van der Waals surface area contributed by atoms with Crippen LogP contribution in [-0.2, 0) is 0 Å². The lowest BCUT2D eigenvalue weighted by Gasteiger charge is -2.34. The summed E-state index contributed by atoms with van der Waals surface area (Å²) in [6.07, 6.45) is 4.77. The second-order valence-corrected chi connectivity index (χ2v) is 5.00. The van der Waals surface area contributed by atoms with Crippen LogP contribution in [0.5, 0.6) is 0 Å². The van der Waals surface area contributed by atoms with Crippen LogP contribution in [0.15, 0.2) is 0 Å². The average Bonchev–Trinajstić information content (AvgIpc) is 1.82. The summed E-state index contributed by atoms with van der Waals surface area (Å²) < 4.78 is 0. The van der Waals surface area contributed by atoms with Gasteiger partial charge < -0.3 is 5.11 Å². The van der Waals surface area contributed by atoms with E-state index < -0.39 is 0 Å². The normalized spacial score (nSPS) is 31.6. The smallest absolute Gasteiger partial charge is 0.0568 e. The van der Waals surface area contributed by atoms with Gasteiger partial charge in [0.15, 0.2) is 0 Å². The van der Waals surface area contributed by atoms with Crippen LogP contribution in [0.2, 0.25) is 0 Å². The van der Waals surface area contributed by atoms with Gasteiger partial charge in [0, 0.05) is 0 Å². The number of aliphatic hydroxyl groups excluding tert-OH is 1.